The van der Waals surface area contributed by atoms with Crippen molar-refractivity contribution < 1.29 is 17.6 Å². The molecule has 30 heavy (non-hydrogen) atoms. The maximum Gasteiger partial charge on any atom is 0.255 e. The number of hydrogen-bond donors (Lipinski definition) is 3. The van der Waals surface area contributed by atoms with Crippen LogP contribution in [0.1, 0.15) is 35.7 Å². The first kappa shape index (κ1) is 22.7. The molecule has 1 heterocycles. The molecule has 1 aliphatic heterocycles. The topological polar surface area (TPSA) is 87.3 Å². The van der Waals surface area contributed by atoms with Gasteiger partial charge in [-0.1, -0.05) is 29.8 Å². The second-order valence-electron chi connectivity index (χ2n) is 7.53. The molecule has 1 fully saturated rings. The molecule has 0 unspecified atom stereocenters. The van der Waals surface area contributed by atoms with Gasteiger partial charge >= 0.3 is 0 Å². The fraction of sp³-hybridized carbons (Fsp3) is 0.381. The summed E-state index contributed by atoms with van der Waals surface area (Å²) in [6, 6.07) is 8.56. The second-order valence-corrected chi connectivity index (χ2v) is 9.62. The van der Waals surface area contributed by atoms with Crippen molar-refractivity contribution in [3.05, 3.63) is 58.4 Å². The fourth-order valence-electron chi connectivity index (χ4n) is 3.60. The first-order chi connectivity index (χ1) is 14.2. The van der Waals surface area contributed by atoms with E-state index in [2.05, 4.69) is 15.4 Å². The number of anilines is 1. The van der Waals surface area contributed by atoms with Crippen LogP contribution in [0.2, 0.25) is 5.02 Å². The van der Waals surface area contributed by atoms with Gasteiger partial charge in [-0.05, 0) is 63.4 Å². The van der Waals surface area contributed by atoms with Gasteiger partial charge in [0, 0.05) is 17.7 Å². The van der Waals surface area contributed by atoms with Crippen LogP contribution >= 0.6 is 11.6 Å². The van der Waals surface area contributed by atoms with Crippen molar-refractivity contribution in [1.82, 2.24) is 10.0 Å². The lowest BCUT2D eigenvalue weighted by atomic mass is 9.92. The zero-order chi connectivity index (χ0) is 21.9. The summed E-state index contributed by atoms with van der Waals surface area (Å²) in [4.78, 5) is 11.9. The molecule has 0 aliphatic carbocycles. The molecular formula is C21H25ClFN3O3S. The molecule has 6 nitrogen and oxygen atoms in total. The summed E-state index contributed by atoms with van der Waals surface area (Å²) in [5, 5.41) is 5.71. The number of sulfonamides is 1. The van der Waals surface area contributed by atoms with Crippen molar-refractivity contribution in [2.75, 3.05) is 18.4 Å². The Labute approximate surface area is 181 Å². The van der Waals surface area contributed by atoms with Gasteiger partial charge in [0.25, 0.3) is 5.91 Å². The third-order valence-corrected chi connectivity index (χ3v) is 7.27. The molecule has 0 saturated carbocycles. The van der Waals surface area contributed by atoms with Crippen LogP contribution < -0.4 is 15.4 Å². The Morgan fingerprint density at radius 1 is 1.23 bits per heavy atom. The van der Waals surface area contributed by atoms with Gasteiger partial charge in [-0.25, -0.2) is 17.5 Å². The van der Waals surface area contributed by atoms with E-state index in [1.54, 1.807) is 38.1 Å². The Kier molecular flexibility index (Phi) is 7.13. The lowest BCUT2D eigenvalue weighted by Gasteiger charge is -2.28. The highest BCUT2D eigenvalue weighted by atomic mass is 35.5. The van der Waals surface area contributed by atoms with Crippen molar-refractivity contribution in [2.45, 2.75) is 37.6 Å². The van der Waals surface area contributed by atoms with E-state index in [9.17, 15) is 17.6 Å². The van der Waals surface area contributed by atoms with Crippen LogP contribution in [-0.4, -0.2) is 33.5 Å². The minimum absolute atomic E-state index is 0.00720. The number of hydrogen-bond acceptors (Lipinski definition) is 4. The number of amides is 1. The van der Waals surface area contributed by atoms with E-state index in [-0.39, 0.29) is 22.7 Å². The van der Waals surface area contributed by atoms with Gasteiger partial charge in [-0.3, -0.25) is 4.79 Å². The van der Waals surface area contributed by atoms with Crippen molar-refractivity contribution >= 4 is 33.2 Å². The standard InChI is InChI=1S/C21H25ClFN3O3S/c1-13-5-3-4-6-16(13)21(27)25-19-12-18(23)20(11-17(19)22)30(28,29)26-14(2)15-7-9-24-10-8-15/h3-6,11-12,14-15,24,26H,7-10H2,1-2H3,(H,25,27)/t14-/m1/s1. The zero-order valence-electron chi connectivity index (χ0n) is 16.8. The number of carbonyl (C=O) groups is 1. The predicted octanol–water partition coefficient (Wildman–Crippen LogP) is 3.71. The van der Waals surface area contributed by atoms with Gasteiger partial charge in [-0.15, -0.1) is 0 Å². The van der Waals surface area contributed by atoms with Crippen molar-refractivity contribution in [3.63, 3.8) is 0 Å². The number of rotatable bonds is 6. The van der Waals surface area contributed by atoms with Gasteiger partial charge in [0.05, 0.1) is 10.7 Å². The summed E-state index contributed by atoms with van der Waals surface area (Å²) >= 11 is 6.18. The Morgan fingerprint density at radius 3 is 2.57 bits per heavy atom. The first-order valence-corrected chi connectivity index (χ1v) is 11.6. The highest BCUT2D eigenvalue weighted by Crippen LogP contribution is 2.29. The minimum atomic E-state index is -4.11. The monoisotopic (exact) mass is 453 g/mol. The second kappa shape index (κ2) is 9.43. The van der Waals surface area contributed by atoms with Gasteiger partial charge in [0.15, 0.2) is 0 Å². The highest BCUT2D eigenvalue weighted by Gasteiger charge is 2.28. The fourth-order valence-corrected chi connectivity index (χ4v) is 5.27. The Balaban J connectivity index is 1.79. The summed E-state index contributed by atoms with van der Waals surface area (Å²) in [6.45, 7) is 5.21. The molecule has 1 saturated heterocycles. The molecule has 0 spiro atoms. The number of halogens is 2. The van der Waals surface area contributed by atoms with E-state index in [0.717, 1.165) is 43.6 Å². The van der Waals surface area contributed by atoms with Crippen LogP contribution in [0.3, 0.4) is 0 Å². The van der Waals surface area contributed by atoms with Gasteiger partial charge in [-0.2, -0.15) is 0 Å². The van der Waals surface area contributed by atoms with Crippen molar-refractivity contribution in [1.29, 1.82) is 0 Å². The van der Waals surface area contributed by atoms with E-state index >= 15 is 0 Å². The predicted molar refractivity (Wildman–Crippen MR) is 116 cm³/mol. The van der Waals surface area contributed by atoms with Crippen LogP contribution in [0.15, 0.2) is 41.3 Å². The SMILES string of the molecule is Cc1ccccc1C(=O)Nc1cc(F)c(S(=O)(=O)N[C@H](C)C2CCNCC2)cc1Cl. The third-order valence-electron chi connectivity index (χ3n) is 5.38. The Bertz CT molecular complexity index is 1040. The molecule has 1 amide bonds. The summed E-state index contributed by atoms with van der Waals surface area (Å²) in [7, 11) is -4.11. The Hall–Kier alpha value is -2.00. The van der Waals surface area contributed by atoms with Crippen molar-refractivity contribution in [2.24, 2.45) is 5.92 Å². The molecule has 0 bridgehead atoms. The molecular weight excluding hydrogens is 429 g/mol. The number of piperidine rings is 1. The number of nitrogens with one attached hydrogen (secondary N) is 3. The van der Waals surface area contributed by atoms with Gasteiger partial charge < -0.3 is 10.6 Å². The van der Waals surface area contributed by atoms with Crippen LogP contribution in [0.5, 0.6) is 0 Å². The van der Waals surface area contributed by atoms with Crippen molar-refractivity contribution in [3.8, 4) is 0 Å². The van der Waals surface area contributed by atoms with E-state index in [0.29, 0.717) is 5.56 Å². The first-order valence-electron chi connectivity index (χ1n) is 9.78. The Morgan fingerprint density at radius 2 is 1.90 bits per heavy atom. The molecule has 1 atom stereocenters. The largest absolute Gasteiger partial charge is 0.321 e. The van der Waals surface area contributed by atoms with E-state index in [1.165, 1.54) is 0 Å². The van der Waals surface area contributed by atoms with Crippen LogP contribution in [-0.2, 0) is 10.0 Å². The molecule has 0 aromatic heterocycles. The van der Waals surface area contributed by atoms with Crippen LogP contribution in [0.4, 0.5) is 10.1 Å². The van der Waals surface area contributed by atoms with Crippen LogP contribution in [0, 0.1) is 18.7 Å². The zero-order valence-corrected chi connectivity index (χ0v) is 18.4. The van der Waals surface area contributed by atoms with E-state index < -0.39 is 26.6 Å². The van der Waals surface area contributed by atoms with Gasteiger partial charge in [0.2, 0.25) is 10.0 Å². The summed E-state index contributed by atoms with van der Waals surface area (Å²) in [5.74, 6) is -1.26. The quantitative estimate of drug-likeness (QED) is 0.622. The number of carbonyl (C=O) groups excluding carboxylic acids is 1. The molecule has 3 N–H and O–H groups in total. The molecule has 3 rings (SSSR count). The average molecular weight is 454 g/mol. The van der Waals surface area contributed by atoms with E-state index in [4.69, 9.17) is 11.6 Å². The summed E-state index contributed by atoms with van der Waals surface area (Å²) in [6.07, 6.45) is 1.69. The normalized spacial score (nSPS) is 16.3. The molecule has 9 heteroatoms. The summed E-state index contributed by atoms with van der Waals surface area (Å²) < 4.78 is 42.8. The molecule has 162 valence electrons. The third kappa shape index (κ3) is 5.18. The minimum Gasteiger partial charge on any atom is -0.321 e. The number of aryl methyl sites for hydroxylation is 1. The maximum atomic E-state index is 14.7. The van der Waals surface area contributed by atoms with Crippen LogP contribution in [0.25, 0.3) is 0 Å². The smallest absolute Gasteiger partial charge is 0.255 e. The lowest BCUT2D eigenvalue weighted by molar-refractivity contribution is 0.102. The van der Waals surface area contributed by atoms with E-state index in [1.807, 2.05) is 0 Å². The molecule has 1 aliphatic rings. The summed E-state index contributed by atoms with van der Waals surface area (Å²) in [5.41, 5.74) is 1.18. The molecule has 0 radical (unpaired) electrons. The highest BCUT2D eigenvalue weighted by molar-refractivity contribution is 7.89. The molecule has 2 aromatic rings. The molecule has 2 aromatic carbocycles. The average Bonchev–Trinajstić information content (AvgIpc) is 2.71. The lowest BCUT2D eigenvalue weighted by Crippen LogP contribution is -2.42. The van der Waals surface area contributed by atoms with Gasteiger partial charge in [0.1, 0.15) is 10.7 Å². The maximum absolute atomic E-state index is 14.7. The number of benzene rings is 2.